The van der Waals surface area contributed by atoms with Gasteiger partial charge in [0.05, 0.1) is 17.2 Å². The van der Waals surface area contributed by atoms with E-state index in [1.165, 1.54) is 23.6 Å². The second kappa shape index (κ2) is 8.91. The molecule has 0 saturated heterocycles. The van der Waals surface area contributed by atoms with Crippen LogP contribution in [0.25, 0.3) is 0 Å². The third-order valence-corrected chi connectivity index (χ3v) is 9.56. The maximum atomic E-state index is 13.7. The molecular formula is C27H34N2O4S. The molecule has 4 fully saturated rings. The fraction of sp³-hybridized carbons (Fsp3) is 0.519. The molecule has 0 spiro atoms. The number of ether oxygens (including phenoxy) is 1. The van der Waals surface area contributed by atoms with E-state index in [2.05, 4.69) is 5.32 Å². The SMILES string of the molecule is CCOc1ccc(S(=O)(=O)N(CC(=O)NC23CC4CC(CC(C4)C2)C3)c2ccc(C)cc2)cc1. The van der Waals surface area contributed by atoms with Crippen LogP contribution in [0.15, 0.2) is 53.4 Å². The first-order valence-electron chi connectivity index (χ1n) is 12.4. The third-order valence-electron chi connectivity index (χ3n) is 7.77. The van der Waals surface area contributed by atoms with E-state index in [4.69, 9.17) is 4.74 Å². The van der Waals surface area contributed by atoms with Crippen molar-refractivity contribution in [2.24, 2.45) is 17.8 Å². The van der Waals surface area contributed by atoms with Crippen molar-refractivity contribution >= 4 is 21.6 Å². The van der Waals surface area contributed by atoms with Gasteiger partial charge in [0.2, 0.25) is 5.91 Å². The van der Waals surface area contributed by atoms with Crippen molar-refractivity contribution < 1.29 is 17.9 Å². The second-order valence-electron chi connectivity index (χ2n) is 10.5. The molecule has 0 heterocycles. The van der Waals surface area contributed by atoms with E-state index in [1.807, 2.05) is 26.0 Å². The number of carbonyl (C=O) groups excluding carboxylic acids is 1. The molecule has 4 bridgehead atoms. The largest absolute Gasteiger partial charge is 0.494 e. The number of hydrogen-bond acceptors (Lipinski definition) is 4. The van der Waals surface area contributed by atoms with Crippen LogP contribution in [-0.4, -0.2) is 33.0 Å². The molecule has 4 saturated carbocycles. The molecule has 7 heteroatoms. The van der Waals surface area contributed by atoms with E-state index >= 15 is 0 Å². The van der Waals surface area contributed by atoms with Crippen LogP contribution < -0.4 is 14.4 Å². The second-order valence-corrected chi connectivity index (χ2v) is 12.4. The van der Waals surface area contributed by atoms with Crippen LogP contribution in [-0.2, 0) is 14.8 Å². The summed E-state index contributed by atoms with van der Waals surface area (Å²) in [7, 11) is -3.94. The quantitative estimate of drug-likeness (QED) is 0.593. The lowest BCUT2D eigenvalue weighted by Crippen LogP contribution is -2.61. The van der Waals surface area contributed by atoms with Gasteiger partial charge in [-0.05, 0) is 107 Å². The Balaban J connectivity index is 1.40. The van der Waals surface area contributed by atoms with Gasteiger partial charge in [0.25, 0.3) is 10.0 Å². The molecule has 1 N–H and O–H groups in total. The Kier molecular flexibility index (Phi) is 6.09. The average molecular weight is 483 g/mol. The Hall–Kier alpha value is -2.54. The van der Waals surface area contributed by atoms with Crippen LogP contribution in [0.3, 0.4) is 0 Å². The van der Waals surface area contributed by atoms with Crippen molar-refractivity contribution in [3.05, 3.63) is 54.1 Å². The van der Waals surface area contributed by atoms with Gasteiger partial charge in [-0.3, -0.25) is 9.10 Å². The Morgan fingerprint density at radius 3 is 2.06 bits per heavy atom. The molecule has 1 amide bonds. The lowest BCUT2D eigenvalue weighted by Gasteiger charge is -2.57. The summed E-state index contributed by atoms with van der Waals surface area (Å²) in [6, 6.07) is 13.6. The molecule has 4 aliphatic carbocycles. The zero-order valence-corrected chi connectivity index (χ0v) is 20.8. The van der Waals surface area contributed by atoms with Crippen molar-refractivity contribution in [1.82, 2.24) is 5.32 Å². The average Bonchev–Trinajstić information content (AvgIpc) is 2.77. The highest BCUT2D eigenvalue weighted by Gasteiger charge is 2.51. The predicted molar refractivity (Wildman–Crippen MR) is 132 cm³/mol. The Labute approximate surface area is 202 Å². The maximum Gasteiger partial charge on any atom is 0.264 e. The molecule has 0 radical (unpaired) electrons. The van der Waals surface area contributed by atoms with E-state index in [1.54, 1.807) is 36.4 Å². The number of rotatable bonds is 8. The summed E-state index contributed by atoms with van der Waals surface area (Å²) >= 11 is 0. The summed E-state index contributed by atoms with van der Waals surface area (Å²) < 4.78 is 34.1. The van der Waals surface area contributed by atoms with Crippen LogP contribution in [0, 0.1) is 24.7 Å². The maximum absolute atomic E-state index is 13.7. The number of anilines is 1. The fourth-order valence-corrected chi connectivity index (χ4v) is 8.18. The van der Waals surface area contributed by atoms with Crippen LogP contribution in [0.4, 0.5) is 5.69 Å². The molecule has 2 aromatic rings. The van der Waals surface area contributed by atoms with Gasteiger partial charge in [-0.25, -0.2) is 8.42 Å². The number of nitrogens with zero attached hydrogens (tertiary/aromatic N) is 1. The summed E-state index contributed by atoms with van der Waals surface area (Å²) in [6.07, 6.45) is 6.95. The molecule has 2 aromatic carbocycles. The number of nitrogens with one attached hydrogen (secondary N) is 1. The molecule has 0 aromatic heterocycles. The van der Waals surface area contributed by atoms with Gasteiger partial charge in [-0.1, -0.05) is 17.7 Å². The van der Waals surface area contributed by atoms with Crippen molar-refractivity contribution in [2.75, 3.05) is 17.5 Å². The molecular weight excluding hydrogens is 448 g/mol. The Bertz CT molecular complexity index is 1110. The third kappa shape index (κ3) is 4.54. The predicted octanol–water partition coefficient (Wildman–Crippen LogP) is 4.67. The minimum Gasteiger partial charge on any atom is -0.494 e. The molecule has 34 heavy (non-hydrogen) atoms. The molecule has 4 aliphatic rings. The van der Waals surface area contributed by atoms with Crippen LogP contribution in [0.5, 0.6) is 5.75 Å². The van der Waals surface area contributed by atoms with E-state index < -0.39 is 10.0 Å². The molecule has 0 aliphatic heterocycles. The summed E-state index contributed by atoms with van der Waals surface area (Å²) in [5.41, 5.74) is 1.36. The lowest BCUT2D eigenvalue weighted by molar-refractivity contribution is -0.125. The minimum atomic E-state index is -3.94. The number of aryl methyl sites for hydroxylation is 1. The van der Waals surface area contributed by atoms with E-state index in [0.717, 1.165) is 24.8 Å². The highest BCUT2D eigenvalue weighted by Crippen LogP contribution is 2.55. The highest BCUT2D eigenvalue weighted by molar-refractivity contribution is 7.92. The summed E-state index contributed by atoms with van der Waals surface area (Å²) in [5.74, 6) is 2.49. The standard InChI is InChI=1S/C27H34N2O4S/c1-3-33-24-8-10-25(11-9-24)34(31,32)29(23-6-4-19(2)5-7-23)18-26(30)28-27-15-20-12-21(16-27)14-22(13-20)17-27/h4-11,20-22H,3,12-18H2,1-2H3,(H,28,30). The van der Waals surface area contributed by atoms with Gasteiger partial charge < -0.3 is 10.1 Å². The first-order chi connectivity index (χ1) is 16.3. The Morgan fingerprint density at radius 1 is 0.971 bits per heavy atom. The van der Waals surface area contributed by atoms with Gasteiger partial charge in [0, 0.05) is 5.54 Å². The number of hydrogen-bond donors (Lipinski definition) is 1. The van der Waals surface area contributed by atoms with Gasteiger partial charge in [-0.2, -0.15) is 0 Å². The first kappa shape index (κ1) is 23.2. The van der Waals surface area contributed by atoms with Crippen LogP contribution in [0.2, 0.25) is 0 Å². The number of carbonyl (C=O) groups is 1. The van der Waals surface area contributed by atoms with E-state index in [0.29, 0.717) is 35.8 Å². The topological polar surface area (TPSA) is 75.7 Å². The highest BCUT2D eigenvalue weighted by atomic mass is 32.2. The normalized spacial score (nSPS) is 27.4. The zero-order chi connectivity index (χ0) is 23.9. The van der Waals surface area contributed by atoms with Crippen molar-refractivity contribution in [1.29, 1.82) is 0 Å². The monoisotopic (exact) mass is 482 g/mol. The molecule has 182 valence electrons. The lowest BCUT2D eigenvalue weighted by atomic mass is 9.53. The summed E-state index contributed by atoms with van der Waals surface area (Å²) in [6.45, 7) is 4.10. The molecule has 6 nitrogen and oxygen atoms in total. The smallest absolute Gasteiger partial charge is 0.264 e. The van der Waals surface area contributed by atoms with Crippen LogP contribution in [0.1, 0.15) is 51.0 Å². The van der Waals surface area contributed by atoms with E-state index in [9.17, 15) is 13.2 Å². The summed E-state index contributed by atoms with van der Waals surface area (Å²) in [4.78, 5) is 13.5. The zero-order valence-electron chi connectivity index (χ0n) is 20.0. The van der Waals surface area contributed by atoms with Crippen molar-refractivity contribution in [3.8, 4) is 5.75 Å². The minimum absolute atomic E-state index is 0.138. The molecule has 6 rings (SSSR count). The molecule has 0 unspecified atom stereocenters. The first-order valence-corrected chi connectivity index (χ1v) is 13.8. The summed E-state index contributed by atoms with van der Waals surface area (Å²) in [5, 5.41) is 3.32. The van der Waals surface area contributed by atoms with Gasteiger partial charge >= 0.3 is 0 Å². The number of benzene rings is 2. The van der Waals surface area contributed by atoms with Gasteiger partial charge in [0.15, 0.2) is 0 Å². The van der Waals surface area contributed by atoms with Gasteiger partial charge in [0.1, 0.15) is 12.3 Å². The Morgan fingerprint density at radius 2 is 1.53 bits per heavy atom. The number of amides is 1. The van der Waals surface area contributed by atoms with Gasteiger partial charge in [-0.15, -0.1) is 0 Å². The number of sulfonamides is 1. The van der Waals surface area contributed by atoms with Crippen molar-refractivity contribution in [3.63, 3.8) is 0 Å². The fourth-order valence-electron chi connectivity index (χ4n) is 6.76. The van der Waals surface area contributed by atoms with E-state index in [-0.39, 0.29) is 22.9 Å². The van der Waals surface area contributed by atoms with Crippen LogP contribution >= 0.6 is 0 Å². The van der Waals surface area contributed by atoms with Crippen molar-refractivity contribution in [2.45, 2.75) is 62.8 Å². The molecule has 0 atom stereocenters.